The van der Waals surface area contributed by atoms with Gasteiger partial charge in [-0.15, -0.1) is 0 Å². The van der Waals surface area contributed by atoms with Crippen LogP contribution < -0.4 is 10.1 Å². The number of carbonyl (C=O) groups excluding carboxylic acids is 2. The Balaban J connectivity index is 1.47. The Morgan fingerprint density at radius 1 is 0.897 bits per heavy atom. The van der Waals surface area contributed by atoms with Gasteiger partial charge in [0.15, 0.2) is 12.7 Å². The van der Waals surface area contributed by atoms with E-state index in [0.29, 0.717) is 11.3 Å². The molecule has 0 radical (unpaired) electrons. The van der Waals surface area contributed by atoms with Gasteiger partial charge in [-0.2, -0.15) is 0 Å². The van der Waals surface area contributed by atoms with Crippen LogP contribution in [-0.4, -0.2) is 24.5 Å². The molecule has 5 nitrogen and oxygen atoms in total. The fourth-order valence-electron chi connectivity index (χ4n) is 2.60. The Hall–Kier alpha value is -3.12. The second-order valence-electron chi connectivity index (χ2n) is 6.31. The summed E-state index contributed by atoms with van der Waals surface area (Å²) in [5.74, 6) is -0.330. The SMILES string of the molecule is C[C@H](OC(=O)COc1ccc(Nc2ccccc2)cc1)C(=O)c1ccc(Br)cc1. The number of rotatable bonds is 8. The molecule has 0 aliphatic heterocycles. The van der Waals surface area contributed by atoms with Gasteiger partial charge in [-0.05, 0) is 55.5 Å². The fraction of sp³-hybridized carbons (Fsp3) is 0.130. The van der Waals surface area contributed by atoms with Crippen molar-refractivity contribution in [2.75, 3.05) is 11.9 Å². The summed E-state index contributed by atoms with van der Waals surface area (Å²) in [4.78, 5) is 24.3. The second kappa shape index (κ2) is 9.89. The van der Waals surface area contributed by atoms with Crippen LogP contribution in [0.3, 0.4) is 0 Å². The van der Waals surface area contributed by atoms with E-state index in [1.807, 2.05) is 42.5 Å². The topological polar surface area (TPSA) is 64.6 Å². The summed E-state index contributed by atoms with van der Waals surface area (Å²) >= 11 is 3.32. The Kier molecular flexibility index (Phi) is 7.03. The van der Waals surface area contributed by atoms with Crippen molar-refractivity contribution in [1.82, 2.24) is 0 Å². The molecule has 3 aromatic rings. The molecular weight excluding hydrogens is 434 g/mol. The van der Waals surface area contributed by atoms with Crippen LogP contribution >= 0.6 is 15.9 Å². The average Bonchev–Trinajstić information content (AvgIpc) is 2.74. The lowest BCUT2D eigenvalue weighted by Gasteiger charge is -2.13. The van der Waals surface area contributed by atoms with E-state index in [2.05, 4.69) is 21.2 Å². The number of para-hydroxylation sites is 1. The largest absolute Gasteiger partial charge is 0.482 e. The molecule has 3 aromatic carbocycles. The van der Waals surface area contributed by atoms with Gasteiger partial charge >= 0.3 is 5.97 Å². The van der Waals surface area contributed by atoms with Gasteiger partial charge in [-0.1, -0.05) is 46.3 Å². The molecule has 148 valence electrons. The Morgan fingerprint density at radius 3 is 2.17 bits per heavy atom. The maximum atomic E-state index is 12.3. The summed E-state index contributed by atoms with van der Waals surface area (Å²) in [6, 6.07) is 23.9. The summed E-state index contributed by atoms with van der Waals surface area (Å²) in [5.41, 5.74) is 2.37. The van der Waals surface area contributed by atoms with Crippen molar-refractivity contribution in [3.05, 3.63) is 88.9 Å². The number of ether oxygens (including phenoxy) is 2. The smallest absolute Gasteiger partial charge is 0.344 e. The monoisotopic (exact) mass is 453 g/mol. The third kappa shape index (κ3) is 6.19. The van der Waals surface area contributed by atoms with Crippen molar-refractivity contribution in [3.8, 4) is 5.75 Å². The van der Waals surface area contributed by atoms with Crippen LogP contribution in [0.4, 0.5) is 11.4 Å². The maximum Gasteiger partial charge on any atom is 0.344 e. The van der Waals surface area contributed by atoms with Crippen molar-refractivity contribution in [3.63, 3.8) is 0 Å². The number of carbonyl (C=O) groups is 2. The molecule has 0 unspecified atom stereocenters. The highest BCUT2D eigenvalue weighted by molar-refractivity contribution is 9.10. The van der Waals surface area contributed by atoms with E-state index < -0.39 is 12.1 Å². The van der Waals surface area contributed by atoms with Crippen molar-refractivity contribution in [1.29, 1.82) is 0 Å². The fourth-order valence-corrected chi connectivity index (χ4v) is 2.86. The highest BCUT2D eigenvalue weighted by Crippen LogP contribution is 2.20. The molecule has 0 amide bonds. The third-order valence-corrected chi connectivity index (χ3v) is 4.61. The molecule has 0 aliphatic carbocycles. The highest BCUT2D eigenvalue weighted by atomic mass is 79.9. The summed E-state index contributed by atoms with van der Waals surface area (Å²) in [6.07, 6.45) is -0.885. The van der Waals surface area contributed by atoms with Crippen LogP contribution in [0.25, 0.3) is 0 Å². The zero-order valence-electron chi connectivity index (χ0n) is 15.8. The number of hydrogen-bond donors (Lipinski definition) is 1. The van der Waals surface area contributed by atoms with Crippen LogP contribution in [0.5, 0.6) is 5.75 Å². The summed E-state index contributed by atoms with van der Waals surface area (Å²) < 4.78 is 11.5. The number of anilines is 2. The molecule has 0 spiro atoms. The zero-order chi connectivity index (χ0) is 20.6. The molecule has 0 saturated heterocycles. The average molecular weight is 454 g/mol. The molecule has 0 aliphatic rings. The first-order valence-corrected chi connectivity index (χ1v) is 9.85. The van der Waals surface area contributed by atoms with E-state index in [1.54, 1.807) is 43.3 Å². The first-order chi connectivity index (χ1) is 14.0. The molecule has 0 bridgehead atoms. The highest BCUT2D eigenvalue weighted by Gasteiger charge is 2.19. The summed E-state index contributed by atoms with van der Waals surface area (Å²) in [5, 5.41) is 3.27. The Labute approximate surface area is 177 Å². The van der Waals surface area contributed by atoms with Crippen molar-refractivity contribution < 1.29 is 19.1 Å². The van der Waals surface area contributed by atoms with E-state index in [-0.39, 0.29) is 12.4 Å². The number of hydrogen-bond acceptors (Lipinski definition) is 5. The van der Waals surface area contributed by atoms with Crippen molar-refractivity contribution >= 4 is 39.1 Å². The van der Waals surface area contributed by atoms with E-state index >= 15 is 0 Å². The van der Waals surface area contributed by atoms with Gasteiger partial charge in [0.2, 0.25) is 5.78 Å². The standard InChI is InChI=1S/C23H20BrNO4/c1-16(23(27)17-7-9-18(24)10-8-17)29-22(26)15-28-21-13-11-20(12-14-21)25-19-5-3-2-4-6-19/h2-14,16,25H,15H2,1H3/t16-/m0/s1. The first-order valence-electron chi connectivity index (χ1n) is 9.05. The molecule has 0 heterocycles. The van der Waals surface area contributed by atoms with Gasteiger partial charge in [-0.3, -0.25) is 4.79 Å². The second-order valence-corrected chi connectivity index (χ2v) is 7.22. The molecule has 0 fully saturated rings. The molecule has 6 heteroatoms. The molecular formula is C23H20BrNO4. The molecule has 29 heavy (non-hydrogen) atoms. The number of nitrogens with one attached hydrogen (secondary N) is 1. The lowest BCUT2D eigenvalue weighted by atomic mass is 10.1. The Morgan fingerprint density at radius 2 is 1.52 bits per heavy atom. The van der Waals surface area contributed by atoms with Crippen LogP contribution in [0, 0.1) is 0 Å². The van der Waals surface area contributed by atoms with Gasteiger partial charge in [-0.25, -0.2) is 4.79 Å². The predicted octanol–water partition coefficient (Wildman–Crippen LogP) is 5.39. The minimum atomic E-state index is -0.885. The minimum Gasteiger partial charge on any atom is -0.482 e. The molecule has 3 rings (SSSR count). The Bertz CT molecular complexity index is 956. The lowest BCUT2D eigenvalue weighted by molar-refractivity contribution is -0.148. The normalized spacial score (nSPS) is 11.4. The van der Waals surface area contributed by atoms with Gasteiger partial charge in [0.1, 0.15) is 5.75 Å². The van der Waals surface area contributed by atoms with Crippen molar-refractivity contribution in [2.45, 2.75) is 13.0 Å². The number of esters is 1. The maximum absolute atomic E-state index is 12.3. The van der Waals surface area contributed by atoms with Gasteiger partial charge < -0.3 is 14.8 Å². The number of benzene rings is 3. The van der Waals surface area contributed by atoms with Gasteiger partial charge in [0, 0.05) is 21.4 Å². The number of ketones is 1. The van der Waals surface area contributed by atoms with E-state index in [9.17, 15) is 9.59 Å². The van der Waals surface area contributed by atoms with Crippen molar-refractivity contribution in [2.24, 2.45) is 0 Å². The summed E-state index contributed by atoms with van der Waals surface area (Å²) in [6.45, 7) is 1.27. The lowest BCUT2D eigenvalue weighted by Crippen LogP contribution is -2.27. The molecule has 1 N–H and O–H groups in total. The van der Waals surface area contributed by atoms with E-state index in [4.69, 9.17) is 9.47 Å². The zero-order valence-corrected chi connectivity index (χ0v) is 17.4. The van der Waals surface area contributed by atoms with Crippen LogP contribution in [0.2, 0.25) is 0 Å². The van der Waals surface area contributed by atoms with E-state index in [0.717, 1.165) is 15.8 Å². The van der Waals surface area contributed by atoms with Crippen LogP contribution in [0.1, 0.15) is 17.3 Å². The number of Topliss-reactive ketones (excluding diaryl/α,β-unsaturated/α-hetero) is 1. The van der Waals surface area contributed by atoms with Gasteiger partial charge in [0.25, 0.3) is 0 Å². The molecule has 0 aromatic heterocycles. The molecule has 1 atom stereocenters. The summed E-state index contributed by atoms with van der Waals surface area (Å²) in [7, 11) is 0. The quantitative estimate of drug-likeness (QED) is 0.366. The minimum absolute atomic E-state index is 0.262. The van der Waals surface area contributed by atoms with Gasteiger partial charge in [0.05, 0.1) is 0 Å². The first kappa shape index (κ1) is 20.6. The predicted molar refractivity (Wildman–Crippen MR) is 116 cm³/mol. The van der Waals surface area contributed by atoms with E-state index in [1.165, 1.54) is 0 Å². The molecule has 0 saturated carbocycles. The van der Waals surface area contributed by atoms with Crippen LogP contribution in [-0.2, 0) is 9.53 Å². The third-order valence-electron chi connectivity index (χ3n) is 4.08. The number of halogens is 1. The van der Waals surface area contributed by atoms with Crippen LogP contribution in [0.15, 0.2) is 83.3 Å².